The van der Waals surface area contributed by atoms with E-state index in [1.807, 2.05) is 18.7 Å². The third-order valence-corrected chi connectivity index (χ3v) is 4.93. The number of hydrogen-bond acceptors (Lipinski definition) is 3. The van der Waals surface area contributed by atoms with Gasteiger partial charge in [0.15, 0.2) is 0 Å². The van der Waals surface area contributed by atoms with Crippen molar-refractivity contribution in [1.29, 1.82) is 0 Å². The van der Waals surface area contributed by atoms with E-state index in [1.54, 1.807) is 6.20 Å². The quantitative estimate of drug-likeness (QED) is 0.883. The van der Waals surface area contributed by atoms with Gasteiger partial charge in [-0.2, -0.15) is 5.10 Å². The molecule has 0 aromatic carbocycles. The van der Waals surface area contributed by atoms with Crippen LogP contribution in [0.25, 0.3) is 0 Å². The molecule has 1 N–H and O–H groups in total. The van der Waals surface area contributed by atoms with Crippen molar-refractivity contribution in [2.75, 3.05) is 5.75 Å². The van der Waals surface area contributed by atoms with Gasteiger partial charge in [-0.3, -0.25) is 4.68 Å². The fourth-order valence-electron chi connectivity index (χ4n) is 2.44. The summed E-state index contributed by atoms with van der Waals surface area (Å²) < 4.78 is 28.5. The van der Waals surface area contributed by atoms with Crippen LogP contribution in [-0.4, -0.2) is 24.0 Å². The summed E-state index contributed by atoms with van der Waals surface area (Å²) in [4.78, 5) is 0. The zero-order chi connectivity index (χ0) is 13.2. The van der Waals surface area contributed by atoms with E-state index in [0.29, 0.717) is 6.42 Å². The highest BCUT2D eigenvalue weighted by Crippen LogP contribution is 2.29. The fraction of sp³-hybridized carbons (Fsp3) is 0.750. The van der Waals surface area contributed by atoms with Gasteiger partial charge in [0.25, 0.3) is 0 Å². The van der Waals surface area contributed by atoms with Crippen LogP contribution in [0.5, 0.6) is 0 Å². The Morgan fingerprint density at radius 3 is 3.06 bits per heavy atom. The maximum atomic E-state index is 11.9. The van der Waals surface area contributed by atoms with Crippen LogP contribution in [-0.2, 0) is 23.5 Å². The molecule has 0 unspecified atom stereocenters. The van der Waals surface area contributed by atoms with Crippen molar-refractivity contribution < 1.29 is 8.42 Å². The van der Waals surface area contributed by atoms with Crippen LogP contribution in [0.4, 0.5) is 0 Å². The van der Waals surface area contributed by atoms with Crippen molar-refractivity contribution >= 4 is 10.0 Å². The first-order valence-electron chi connectivity index (χ1n) is 6.54. The van der Waals surface area contributed by atoms with Crippen LogP contribution in [0.2, 0.25) is 0 Å². The number of fused-ring (bicyclic) bond motifs is 1. The Kier molecular flexibility index (Phi) is 4.07. The van der Waals surface area contributed by atoms with Gasteiger partial charge in [0.2, 0.25) is 10.0 Å². The number of aryl methyl sites for hydroxylation is 1. The first-order chi connectivity index (χ1) is 8.53. The Morgan fingerprint density at radius 1 is 1.56 bits per heavy atom. The SMILES string of the molecule is CCCCS(=O)(=O)N[C@H]1CCCc2c1cnn2C. The van der Waals surface area contributed by atoms with Gasteiger partial charge in [0, 0.05) is 18.3 Å². The molecule has 0 fully saturated rings. The van der Waals surface area contributed by atoms with E-state index in [-0.39, 0.29) is 11.8 Å². The van der Waals surface area contributed by atoms with Crippen molar-refractivity contribution in [1.82, 2.24) is 14.5 Å². The summed E-state index contributed by atoms with van der Waals surface area (Å²) >= 11 is 0. The molecule has 1 heterocycles. The third-order valence-electron chi connectivity index (χ3n) is 3.46. The highest BCUT2D eigenvalue weighted by atomic mass is 32.2. The lowest BCUT2D eigenvalue weighted by Gasteiger charge is -2.23. The second-order valence-electron chi connectivity index (χ2n) is 4.91. The highest BCUT2D eigenvalue weighted by molar-refractivity contribution is 7.89. The molecule has 0 bridgehead atoms. The van der Waals surface area contributed by atoms with Crippen molar-refractivity contribution in [2.24, 2.45) is 7.05 Å². The Hall–Kier alpha value is -0.880. The van der Waals surface area contributed by atoms with Crippen molar-refractivity contribution in [3.8, 4) is 0 Å². The van der Waals surface area contributed by atoms with Crippen molar-refractivity contribution in [2.45, 2.75) is 45.1 Å². The summed E-state index contributed by atoms with van der Waals surface area (Å²) in [6, 6.07) is -0.0932. The summed E-state index contributed by atoms with van der Waals surface area (Å²) in [5.41, 5.74) is 2.20. The minimum absolute atomic E-state index is 0.0932. The summed E-state index contributed by atoms with van der Waals surface area (Å²) in [6.07, 6.45) is 6.25. The molecule has 0 saturated heterocycles. The molecular formula is C12H21N3O2S. The van der Waals surface area contributed by atoms with Crippen molar-refractivity contribution in [3.05, 3.63) is 17.5 Å². The molecule has 102 valence electrons. The first kappa shape index (κ1) is 13.5. The number of aromatic nitrogens is 2. The standard InChI is InChI=1S/C12H21N3O2S/c1-3-4-8-18(16,17)14-11-6-5-7-12-10(11)9-13-15(12)2/h9,11,14H,3-8H2,1-2H3/t11-/m0/s1. The lowest BCUT2D eigenvalue weighted by molar-refractivity contribution is 0.497. The Labute approximate surface area is 109 Å². The Morgan fingerprint density at radius 2 is 2.33 bits per heavy atom. The molecule has 1 aromatic rings. The number of rotatable bonds is 5. The number of nitrogens with zero attached hydrogens (tertiary/aromatic N) is 2. The predicted octanol–water partition coefficient (Wildman–Crippen LogP) is 1.52. The fourth-order valence-corrected chi connectivity index (χ4v) is 3.90. The molecule has 0 aliphatic heterocycles. The van der Waals surface area contributed by atoms with Crippen LogP contribution in [0, 0.1) is 0 Å². The molecule has 1 aliphatic rings. The summed E-state index contributed by atoms with van der Waals surface area (Å²) in [5.74, 6) is 0.218. The molecule has 2 rings (SSSR count). The van der Waals surface area contributed by atoms with E-state index in [9.17, 15) is 8.42 Å². The molecule has 18 heavy (non-hydrogen) atoms. The molecule has 0 radical (unpaired) electrons. The molecule has 0 saturated carbocycles. The minimum Gasteiger partial charge on any atom is -0.272 e. The van der Waals surface area contributed by atoms with Gasteiger partial charge in [0.05, 0.1) is 18.0 Å². The second kappa shape index (κ2) is 5.40. The van der Waals surface area contributed by atoms with Gasteiger partial charge < -0.3 is 0 Å². The zero-order valence-corrected chi connectivity index (χ0v) is 11.8. The van der Waals surface area contributed by atoms with Crippen LogP contribution < -0.4 is 4.72 Å². The largest absolute Gasteiger partial charge is 0.272 e. The number of nitrogens with one attached hydrogen (secondary N) is 1. The molecule has 6 heteroatoms. The Bertz CT molecular complexity index is 507. The summed E-state index contributed by atoms with van der Waals surface area (Å²) in [7, 11) is -1.25. The third kappa shape index (κ3) is 2.92. The van der Waals surface area contributed by atoms with E-state index in [4.69, 9.17) is 0 Å². The average molecular weight is 271 g/mol. The van der Waals surface area contributed by atoms with Gasteiger partial charge in [-0.1, -0.05) is 13.3 Å². The molecule has 1 aliphatic carbocycles. The van der Waals surface area contributed by atoms with E-state index in [1.165, 1.54) is 0 Å². The molecule has 0 spiro atoms. The van der Waals surface area contributed by atoms with Gasteiger partial charge in [-0.25, -0.2) is 13.1 Å². The smallest absolute Gasteiger partial charge is 0.212 e. The average Bonchev–Trinajstić information content (AvgIpc) is 2.70. The summed E-state index contributed by atoms with van der Waals surface area (Å²) in [6.45, 7) is 2.00. The van der Waals surface area contributed by atoms with Gasteiger partial charge in [-0.05, 0) is 25.7 Å². The van der Waals surface area contributed by atoms with Crippen molar-refractivity contribution in [3.63, 3.8) is 0 Å². The molecule has 1 aromatic heterocycles. The van der Waals surface area contributed by atoms with Crippen LogP contribution >= 0.6 is 0 Å². The Balaban J connectivity index is 2.12. The second-order valence-corrected chi connectivity index (χ2v) is 6.78. The molecular weight excluding hydrogens is 250 g/mol. The monoisotopic (exact) mass is 271 g/mol. The van der Waals surface area contributed by atoms with Crippen LogP contribution in [0.15, 0.2) is 6.20 Å². The minimum atomic E-state index is -3.16. The topological polar surface area (TPSA) is 64.0 Å². The number of sulfonamides is 1. The molecule has 1 atom stereocenters. The van der Waals surface area contributed by atoms with Gasteiger partial charge in [-0.15, -0.1) is 0 Å². The van der Waals surface area contributed by atoms with E-state index < -0.39 is 10.0 Å². The maximum Gasteiger partial charge on any atom is 0.212 e. The number of unbranched alkanes of at least 4 members (excludes halogenated alkanes) is 1. The van der Waals surface area contributed by atoms with Crippen LogP contribution in [0.3, 0.4) is 0 Å². The van der Waals surface area contributed by atoms with Crippen LogP contribution in [0.1, 0.15) is 49.9 Å². The lowest BCUT2D eigenvalue weighted by atomic mass is 9.94. The predicted molar refractivity (Wildman–Crippen MR) is 70.7 cm³/mol. The highest BCUT2D eigenvalue weighted by Gasteiger charge is 2.26. The summed E-state index contributed by atoms with van der Waals surface area (Å²) in [5, 5.41) is 4.22. The lowest BCUT2D eigenvalue weighted by Crippen LogP contribution is -2.32. The molecule has 5 nitrogen and oxygen atoms in total. The van der Waals surface area contributed by atoms with E-state index in [2.05, 4.69) is 9.82 Å². The number of hydrogen-bond donors (Lipinski definition) is 1. The zero-order valence-electron chi connectivity index (χ0n) is 11.0. The first-order valence-corrected chi connectivity index (χ1v) is 8.19. The van der Waals surface area contributed by atoms with E-state index >= 15 is 0 Å². The van der Waals surface area contributed by atoms with E-state index in [0.717, 1.165) is 36.9 Å². The maximum absolute atomic E-state index is 11.9. The normalized spacial score (nSPS) is 19.8. The van der Waals surface area contributed by atoms with Gasteiger partial charge >= 0.3 is 0 Å². The van der Waals surface area contributed by atoms with Gasteiger partial charge in [0.1, 0.15) is 0 Å². The molecule has 0 amide bonds.